The molecule has 21 heavy (non-hydrogen) atoms. The summed E-state index contributed by atoms with van der Waals surface area (Å²) in [6.45, 7) is 6.89. The Balaban J connectivity index is 4.28. The lowest BCUT2D eigenvalue weighted by Gasteiger charge is -2.20. The molecule has 0 aromatic carbocycles. The van der Waals surface area contributed by atoms with Gasteiger partial charge in [0.1, 0.15) is 6.61 Å². The number of carbonyl (C=O) groups is 2. The zero-order valence-corrected chi connectivity index (χ0v) is 13.8. The molecule has 0 bridgehead atoms. The normalized spacial score (nSPS) is 14.0. The smallest absolute Gasteiger partial charge is 0.331 e. The zero-order valence-electron chi connectivity index (χ0n) is 13.0. The maximum absolute atomic E-state index is 11.8. The first-order valence-corrected chi connectivity index (χ1v) is 8.03. The third-order valence-electron chi connectivity index (χ3n) is 2.04. The molecule has 122 valence electrons. The van der Waals surface area contributed by atoms with Crippen LogP contribution >= 0.6 is 0 Å². The van der Waals surface area contributed by atoms with Gasteiger partial charge in [0, 0.05) is 12.2 Å². The zero-order chi connectivity index (χ0) is 16.7. The lowest BCUT2D eigenvalue weighted by molar-refractivity contribution is -0.139. The van der Waals surface area contributed by atoms with E-state index in [1.54, 1.807) is 6.92 Å². The van der Waals surface area contributed by atoms with Gasteiger partial charge in [0.2, 0.25) is 10.0 Å². The quantitative estimate of drug-likeness (QED) is 0.545. The van der Waals surface area contributed by atoms with Crippen molar-refractivity contribution < 1.29 is 27.5 Å². The molecule has 0 spiro atoms. The van der Waals surface area contributed by atoms with E-state index in [2.05, 4.69) is 9.46 Å². The average Bonchev–Trinajstić information content (AvgIpc) is 2.29. The van der Waals surface area contributed by atoms with Crippen molar-refractivity contribution in [3.8, 4) is 0 Å². The van der Waals surface area contributed by atoms with Crippen molar-refractivity contribution in [1.82, 2.24) is 4.72 Å². The average molecular weight is 321 g/mol. The number of rotatable bonds is 7. The highest BCUT2D eigenvalue weighted by atomic mass is 32.2. The van der Waals surface area contributed by atoms with Crippen LogP contribution in [0.5, 0.6) is 0 Å². The molecule has 0 amide bonds. The van der Waals surface area contributed by atoms with Crippen LogP contribution in [0.1, 0.15) is 27.7 Å². The van der Waals surface area contributed by atoms with Gasteiger partial charge in [-0.3, -0.25) is 0 Å². The summed E-state index contributed by atoms with van der Waals surface area (Å²) < 4.78 is 35.2. The highest BCUT2D eigenvalue weighted by Crippen LogP contribution is 2.15. The maximum Gasteiger partial charge on any atom is 0.331 e. The Morgan fingerprint density at radius 1 is 1.19 bits per heavy atom. The van der Waals surface area contributed by atoms with E-state index < -0.39 is 28.0 Å². The summed E-state index contributed by atoms with van der Waals surface area (Å²) in [7, 11) is -2.26. The fourth-order valence-electron chi connectivity index (χ4n) is 1.41. The van der Waals surface area contributed by atoms with Gasteiger partial charge < -0.3 is 9.47 Å². The maximum atomic E-state index is 11.8. The summed E-state index contributed by atoms with van der Waals surface area (Å²) in [5.41, 5.74) is -0.370. The summed E-state index contributed by atoms with van der Waals surface area (Å²) in [5, 5.41) is 0. The largest absolute Gasteiger partial charge is 0.466 e. The number of hydrogen-bond acceptors (Lipinski definition) is 6. The molecule has 7 nitrogen and oxygen atoms in total. The molecule has 0 aromatic rings. The first-order chi connectivity index (χ1) is 9.45. The molecule has 0 aliphatic rings. The minimum atomic E-state index is -3.45. The molecule has 0 aliphatic heterocycles. The highest BCUT2D eigenvalue weighted by Gasteiger charge is 2.23. The molecular weight excluding hydrogens is 298 g/mol. The van der Waals surface area contributed by atoms with Crippen LogP contribution in [0.4, 0.5) is 0 Å². The van der Waals surface area contributed by atoms with E-state index in [1.165, 1.54) is 7.11 Å². The van der Waals surface area contributed by atoms with Crippen LogP contribution in [0.15, 0.2) is 12.2 Å². The molecule has 0 aliphatic carbocycles. The monoisotopic (exact) mass is 321 g/mol. The molecular formula is C13H23NO6S. The van der Waals surface area contributed by atoms with E-state index in [9.17, 15) is 18.0 Å². The Morgan fingerprint density at radius 3 is 2.19 bits per heavy atom. The van der Waals surface area contributed by atoms with Crippen molar-refractivity contribution in [1.29, 1.82) is 0 Å². The fourth-order valence-corrected chi connectivity index (χ4v) is 3.32. The standard InChI is InChI=1S/C13H23NO6S/c1-10(14-21(17,18)9-13(2,3)4)8-20-12(16)7-6-11(15)19-5/h6-7,10,14H,8-9H2,1-5H3/b7-6+. The molecule has 0 saturated heterocycles. The summed E-state index contributed by atoms with van der Waals surface area (Å²) in [6.07, 6.45) is 1.85. The minimum absolute atomic E-state index is 0.0273. The number of ether oxygens (including phenoxy) is 2. The summed E-state index contributed by atoms with van der Waals surface area (Å²) in [4.78, 5) is 22.0. The third kappa shape index (κ3) is 11.0. The van der Waals surface area contributed by atoms with Crippen molar-refractivity contribution >= 4 is 22.0 Å². The van der Waals surface area contributed by atoms with E-state index in [4.69, 9.17) is 4.74 Å². The van der Waals surface area contributed by atoms with Crippen LogP contribution in [-0.2, 0) is 29.1 Å². The van der Waals surface area contributed by atoms with Crippen LogP contribution in [0.2, 0.25) is 0 Å². The molecule has 1 N–H and O–H groups in total. The first kappa shape index (κ1) is 19.6. The highest BCUT2D eigenvalue weighted by molar-refractivity contribution is 7.89. The minimum Gasteiger partial charge on any atom is -0.466 e. The van der Waals surface area contributed by atoms with Gasteiger partial charge in [-0.25, -0.2) is 22.7 Å². The molecule has 0 radical (unpaired) electrons. The predicted octanol–water partition coefficient (Wildman–Crippen LogP) is 0.613. The second-order valence-electron chi connectivity index (χ2n) is 5.83. The number of hydrogen-bond donors (Lipinski definition) is 1. The summed E-state index contributed by atoms with van der Waals surface area (Å²) >= 11 is 0. The van der Waals surface area contributed by atoms with E-state index in [0.717, 1.165) is 12.2 Å². The van der Waals surface area contributed by atoms with Gasteiger partial charge in [0.05, 0.1) is 18.9 Å². The van der Waals surface area contributed by atoms with Gasteiger partial charge in [-0.2, -0.15) is 0 Å². The predicted molar refractivity (Wildman–Crippen MR) is 78.0 cm³/mol. The summed E-state index contributed by atoms with van der Waals surface area (Å²) in [5.74, 6) is -1.45. The van der Waals surface area contributed by atoms with Crippen molar-refractivity contribution in [3.63, 3.8) is 0 Å². The van der Waals surface area contributed by atoms with Crippen molar-refractivity contribution in [2.24, 2.45) is 5.41 Å². The van der Waals surface area contributed by atoms with E-state index in [0.29, 0.717) is 0 Å². The molecule has 0 fully saturated rings. The van der Waals surface area contributed by atoms with E-state index in [-0.39, 0.29) is 17.8 Å². The van der Waals surface area contributed by atoms with Gasteiger partial charge in [-0.1, -0.05) is 20.8 Å². The fraction of sp³-hybridized carbons (Fsp3) is 0.692. The number of esters is 2. The van der Waals surface area contributed by atoms with Gasteiger partial charge >= 0.3 is 11.9 Å². The summed E-state index contributed by atoms with van der Waals surface area (Å²) in [6, 6.07) is -0.562. The lowest BCUT2D eigenvalue weighted by Crippen LogP contribution is -2.40. The van der Waals surface area contributed by atoms with Gasteiger partial charge in [-0.05, 0) is 12.3 Å². The first-order valence-electron chi connectivity index (χ1n) is 6.38. The topological polar surface area (TPSA) is 98.8 Å². The van der Waals surface area contributed by atoms with Gasteiger partial charge in [0.15, 0.2) is 0 Å². The number of sulfonamides is 1. The molecule has 8 heteroatoms. The van der Waals surface area contributed by atoms with Crippen LogP contribution in [0.3, 0.4) is 0 Å². The van der Waals surface area contributed by atoms with Gasteiger partial charge in [-0.15, -0.1) is 0 Å². The Hall–Kier alpha value is -1.41. The molecule has 0 saturated carbocycles. The van der Waals surface area contributed by atoms with Crippen LogP contribution in [0.25, 0.3) is 0 Å². The van der Waals surface area contributed by atoms with Crippen molar-refractivity contribution in [3.05, 3.63) is 12.2 Å². The second kappa shape index (κ2) is 8.14. The molecule has 0 rings (SSSR count). The molecule has 1 atom stereocenters. The van der Waals surface area contributed by atoms with E-state index >= 15 is 0 Å². The van der Waals surface area contributed by atoms with Gasteiger partial charge in [0.25, 0.3) is 0 Å². The van der Waals surface area contributed by atoms with Crippen molar-refractivity contribution in [2.75, 3.05) is 19.5 Å². The van der Waals surface area contributed by atoms with Crippen LogP contribution in [-0.4, -0.2) is 45.9 Å². The molecule has 1 unspecified atom stereocenters. The van der Waals surface area contributed by atoms with Crippen molar-refractivity contribution in [2.45, 2.75) is 33.7 Å². The van der Waals surface area contributed by atoms with Crippen LogP contribution in [0, 0.1) is 5.41 Å². The molecule has 0 aromatic heterocycles. The Labute approximate surface area is 125 Å². The second-order valence-corrected chi connectivity index (χ2v) is 7.58. The third-order valence-corrected chi connectivity index (χ3v) is 4.04. The number of nitrogens with one attached hydrogen (secondary N) is 1. The van der Waals surface area contributed by atoms with Crippen LogP contribution < -0.4 is 4.72 Å². The SMILES string of the molecule is COC(=O)/C=C/C(=O)OCC(C)NS(=O)(=O)CC(C)(C)C. The number of methoxy groups -OCH3 is 1. The Bertz CT molecular complexity index is 489. The number of carbonyl (C=O) groups excluding carboxylic acids is 2. The Morgan fingerprint density at radius 2 is 1.71 bits per heavy atom. The lowest BCUT2D eigenvalue weighted by atomic mass is 10.0. The Kier molecular flexibility index (Phi) is 7.59. The van der Waals surface area contributed by atoms with E-state index in [1.807, 2.05) is 20.8 Å². The molecule has 0 heterocycles.